The van der Waals surface area contributed by atoms with Crippen LogP contribution in [0.3, 0.4) is 0 Å². The fraction of sp³-hybridized carbons (Fsp3) is 0.857. The molecule has 0 aromatic rings. The average molecular weight is 219 g/mol. The first-order valence-electron chi connectivity index (χ1n) is 4.36. The maximum Gasteiger partial charge on any atom is 0.435 e. The van der Waals surface area contributed by atoms with E-state index in [1.54, 1.807) is 0 Å². The van der Waals surface area contributed by atoms with E-state index in [0.29, 0.717) is 7.48 Å². The van der Waals surface area contributed by atoms with Gasteiger partial charge in [-0.15, -0.1) is 0 Å². The molecule has 85 valence electrons. The van der Waals surface area contributed by atoms with E-state index < -0.39 is 30.3 Å². The number of hydrogen-bond donors (Lipinski definition) is 4. The lowest BCUT2D eigenvalue weighted by molar-refractivity contribution is -0.193. The van der Waals surface area contributed by atoms with Crippen LogP contribution in [0.1, 0.15) is 0 Å². The number of hydrogen-bond acceptors (Lipinski definition) is 6. The van der Waals surface area contributed by atoms with Crippen molar-refractivity contribution in [3.63, 3.8) is 0 Å². The number of rotatable bonds is 4. The van der Waals surface area contributed by atoms with Crippen molar-refractivity contribution in [3.05, 3.63) is 0 Å². The summed E-state index contributed by atoms with van der Waals surface area (Å²) in [5.41, 5.74) is 0. The van der Waals surface area contributed by atoms with Crippen LogP contribution in [0, 0.1) is 0 Å². The highest BCUT2D eigenvalue weighted by atomic mass is 16.5. The van der Waals surface area contributed by atoms with Gasteiger partial charge in [-0.2, -0.15) is 0 Å². The first kappa shape index (κ1) is 12.4. The van der Waals surface area contributed by atoms with E-state index in [2.05, 4.69) is 4.65 Å². The molecule has 0 bridgehead atoms. The molecule has 4 N–H and O–H groups in total. The Morgan fingerprint density at radius 3 is 2.67 bits per heavy atom. The van der Waals surface area contributed by atoms with Crippen molar-refractivity contribution in [2.45, 2.75) is 24.4 Å². The van der Waals surface area contributed by atoms with Crippen LogP contribution in [0.25, 0.3) is 0 Å². The van der Waals surface area contributed by atoms with Crippen LogP contribution in [0.15, 0.2) is 0 Å². The standard InChI is InChI=1S/C7H12BO7/c9-3-1-14-4(6(11)5(3)10)2-15-8-7(12)13/h3-6,9-11H,1-2H2,(H,12,13)/t3-,4?,5?,6?/m1/s1. The molecule has 0 aliphatic carbocycles. The molecule has 0 aromatic heterocycles. The Balaban J connectivity index is 2.32. The van der Waals surface area contributed by atoms with Gasteiger partial charge in [0.15, 0.2) is 0 Å². The Kier molecular flexibility index (Phi) is 4.49. The summed E-state index contributed by atoms with van der Waals surface area (Å²) < 4.78 is 9.54. The first-order valence-corrected chi connectivity index (χ1v) is 4.36. The average Bonchev–Trinajstić information content (AvgIpc) is 2.18. The van der Waals surface area contributed by atoms with Crippen molar-refractivity contribution in [3.8, 4) is 0 Å². The summed E-state index contributed by atoms with van der Waals surface area (Å²) >= 11 is 0. The molecule has 0 aromatic carbocycles. The molecule has 4 atom stereocenters. The molecule has 7 nitrogen and oxygen atoms in total. The third-order valence-electron chi connectivity index (χ3n) is 2.05. The lowest BCUT2D eigenvalue weighted by Gasteiger charge is -2.35. The number of ether oxygens (including phenoxy) is 1. The summed E-state index contributed by atoms with van der Waals surface area (Å²) in [6.45, 7) is -0.323. The molecule has 1 fully saturated rings. The zero-order valence-corrected chi connectivity index (χ0v) is 7.81. The van der Waals surface area contributed by atoms with Gasteiger partial charge in [-0.25, -0.2) is 0 Å². The predicted molar refractivity (Wildman–Crippen MR) is 47.5 cm³/mol. The summed E-state index contributed by atoms with van der Waals surface area (Å²) in [7, 11) is 0.563. The normalized spacial score (nSPS) is 36.2. The predicted octanol–water partition coefficient (Wildman–Crippen LogP) is -2.22. The molecular formula is C7H12BO7. The number of carbonyl (C=O) groups is 1. The molecule has 8 heteroatoms. The molecule has 1 saturated heterocycles. The maximum atomic E-state index is 10.1. The minimum atomic E-state index is -1.31. The van der Waals surface area contributed by atoms with Gasteiger partial charge in [0.25, 0.3) is 5.87 Å². The van der Waals surface area contributed by atoms with Gasteiger partial charge in [0, 0.05) is 0 Å². The fourth-order valence-corrected chi connectivity index (χ4v) is 1.23. The molecule has 3 unspecified atom stereocenters. The highest BCUT2D eigenvalue weighted by Crippen LogP contribution is 2.15. The molecule has 1 aliphatic heterocycles. The molecule has 0 saturated carbocycles. The highest BCUT2D eigenvalue weighted by molar-refractivity contribution is 6.66. The molecule has 1 rings (SSSR count). The smallest absolute Gasteiger partial charge is 0.435 e. The highest BCUT2D eigenvalue weighted by Gasteiger charge is 2.37. The largest absolute Gasteiger partial charge is 0.487 e. The third kappa shape index (κ3) is 3.43. The van der Waals surface area contributed by atoms with Crippen molar-refractivity contribution in [2.75, 3.05) is 13.2 Å². The summed E-state index contributed by atoms with van der Waals surface area (Å²) in [4.78, 5) is 10.1. The van der Waals surface area contributed by atoms with Gasteiger partial charge < -0.3 is 29.8 Å². The molecule has 0 amide bonds. The summed E-state index contributed by atoms with van der Waals surface area (Å²) in [6, 6.07) is 0. The monoisotopic (exact) mass is 219 g/mol. The zero-order chi connectivity index (χ0) is 11.4. The van der Waals surface area contributed by atoms with Gasteiger partial charge in [0.05, 0.1) is 13.2 Å². The second-order valence-electron chi connectivity index (χ2n) is 3.21. The molecular weight excluding hydrogens is 207 g/mol. The lowest BCUT2D eigenvalue weighted by atomic mass is 9.99. The molecule has 1 heterocycles. The van der Waals surface area contributed by atoms with Crippen LogP contribution >= 0.6 is 0 Å². The van der Waals surface area contributed by atoms with Crippen LogP contribution in [0.4, 0.5) is 4.79 Å². The molecule has 1 aliphatic rings. The number of aliphatic hydroxyl groups is 3. The van der Waals surface area contributed by atoms with Crippen molar-refractivity contribution < 1.29 is 34.6 Å². The number of aliphatic hydroxyl groups excluding tert-OH is 3. The van der Waals surface area contributed by atoms with E-state index in [1.807, 2.05) is 0 Å². The van der Waals surface area contributed by atoms with Gasteiger partial charge in [-0.1, -0.05) is 0 Å². The second-order valence-corrected chi connectivity index (χ2v) is 3.21. The Labute approximate surface area is 86.5 Å². The lowest BCUT2D eigenvalue weighted by Crippen LogP contribution is -2.54. The zero-order valence-electron chi connectivity index (χ0n) is 7.81. The second kappa shape index (κ2) is 5.43. The van der Waals surface area contributed by atoms with Gasteiger partial charge in [0.1, 0.15) is 24.4 Å². The van der Waals surface area contributed by atoms with E-state index in [1.165, 1.54) is 0 Å². The van der Waals surface area contributed by atoms with Gasteiger partial charge in [-0.3, -0.25) is 4.79 Å². The minimum Gasteiger partial charge on any atom is -0.487 e. The first-order chi connectivity index (χ1) is 7.02. The third-order valence-corrected chi connectivity index (χ3v) is 2.05. The minimum absolute atomic E-state index is 0.126. The van der Waals surface area contributed by atoms with E-state index in [4.69, 9.17) is 14.9 Å². The summed E-state index contributed by atoms with van der Waals surface area (Å²) in [6.07, 6.45) is -4.59. The van der Waals surface area contributed by atoms with Crippen molar-refractivity contribution in [2.24, 2.45) is 0 Å². The SMILES string of the molecule is O=C(O)[B]OCC1OC[C@@H](O)C(O)C1O. The van der Waals surface area contributed by atoms with E-state index in [0.717, 1.165) is 0 Å². The van der Waals surface area contributed by atoms with Gasteiger partial charge >= 0.3 is 7.48 Å². The Morgan fingerprint density at radius 2 is 2.07 bits per heavy atom. The number of carboxylic acid groups (broad SMARTS) is 1. The Bertz CT molecular complexity index is 223. The van der Waals surface area contributed by atoms with Crippen molar-refractivity contribution in [1.82, 2.24) is 0 Å². The molecule has 0 spiro atoms. The van der Waals surface area contributed by atoms with Gasteiger partial charge in [-0.05, 0) is 0 Å². The van der Waals surface area contributed by atoms with E-state index in [-0.39, 0.29) is 13.2 Å². The van der Waals surface area contributed by atoms with E-state index in [9.17, 15) is 15.0 Å². The van der Waals surface area contributed by atoms with E-state index >= 15 is 0 Å². The quantitative estimate of drug-likeness (QED) is 0.395. The summed E-state index contributed by atoms with van der Waals surface area (Å²) in [5.74, 6) is -1.25. The Hall–Kier alpha value is -0.665. The fourth-order valence-electron chi connectivity index (χ4n) is 1.23. The topological polar surface area (TPSA) is 116 Å². The van der Waals surface area contributed by atoms with Crippen molar-refractivity contribution in [1.29, 1.82) is 0 Å². The van der Waals surface area contributed by atoms with Crippen LogP contribution in [-0.2, 0) is 9.39 Å². The van der Waals surface area contributed by atoms with Crippen LogP contribution in [0.2, 0.25) is 0 Å². The molecule has 1 radical (unpaired) electrons. The van der Waals surface area contributed by atoms with Crippen LogP contribution < -0.4 is 0 Å². The van der Waals surface area contributed by atoms with Crippen LogP contribution in [0.5, 0.6) is 0 Å². The molecule has 15 heavy (non-hydrogen) atoms. The maximum absolute atomic E-state index is 10.1. The van der Waals surface area contributed by atoms with Gasteiger partial charge in [0.2, 0.25) is 0 Å². The van der Waals surface area contributed by atoms with Crippen molar-refractivity contribution >= 4 is 13.4 Å². The Morgan fingerprint density at radius 1 is 1.40 bits per heavy atom. The van der Waals surface area contributed by atoms with Crippen LogP contribution in [-0.4, -0.2) is 71.4 Å². The summed E-state index contributed by atoms with van der Waals surface area (Å²) in [5, 5.41) is 36.0.